The summed E-state index contributed by atoms with van der Waals surface area (Å²) in [5, 5.41) is 2.74. The lowest BCUT2D eigenvalue weighted by Gasteiger charge is -2.09. The maximum atomic E-state index is 11.4. The number of carbonyl (C=O) groups excluding carboxylic acids is 2. The van der Waals surface area contributed by atoms with Gasteiger partial charge in [0, 0.05) is 23.4 Å². The lowest BCUT2D eigenvalue weighted by atomic mass is 10.1. The van der Waals surface area contributed by atoms with Gasteiger partial charge in [-0.1, -0.05) is 0 Å². The Balaban J connectivity index is 2.67. The van der Waals surface area contributed by atoms with Crippen LogP contribution in [0.25, 0.3) is 0 Å². The highest BCUT2D eigenvalue weighted by molar-refractivity contribution is 7.99. The second-order valence-corrected chi connectivity index (χ2v) is 5.01. The van der Waals surface area contributed by atoms with E-state index in [1.54, 1.807) is 19.2 Å². The number of benzene rings is 1. The Morgan fingerprint density at radius 2 is 2.11 bits per heavy atom. The summed E-state index contributed by atoms with van der Waals surface area (Å²) in [6.45, 7) is 4.07. The van der Waals surface area contributed by atoms with Crippen LogP contribution in [0, 0.1) is 0 Å². The van der Waals surface area contributed by atoms with Gasteiger partial charge in [-0.2, -0.15) is 0 Å². The van der Waals surface area contributed by atoms with E-state index in [0.29, 0.717) is 23.6 Å². The van der Waals surface area contributed by atoms with E-state index in [0.717, 1.165) is 11.3 Å². The molecule has 0 saturated carbocycles. The van der Waals surface area contributed by atoms with Crippen molar-refractivity contribution in [1.82, 2.24) is 5.32 Å². The normalized spacial score (nSPS) is 10.1. The molecule has 0 aliphatic rings. The van der Waals surface area contributed by atoms with Crippen molar-refractivity contribution in [2.24, 2.45) is 0 Å². The average Bonchev–Trinajstić information content (AvgIpc) is 2.38. The largest absolute Gasteiger partial charge is 0.496 e. The molecule has 5 heteroatoms. The first kappa shape index (κ1) is 15.6. The molecule has 1 rings (SSSR count). The van der Waals surface area contributed by atoms with Gasteiger partial charge >= 0.3 is 0 Å². The van der Waals surface area contributed by atoms with Crippen LogP contribution in [0.15, 0.2) is 18.2 Å². The molecule has 0 aliphatic heterocycles. The number of amides is 1. The van der Waals surface area contributed by atoms with Gasteiger partial charge in [0.25, 0.3) is 0 Å². The Hall–Kier alpha value is -1.49. The van der Waals surface area contributed by atoms with Gasteiger partial charge in [-0.3, -0.25) is 9.59 Å². The average molecular weight is 281 g/mol. The van der Waals surface area contributed by atoms with E-state index < -0.39 is 0 Å². The van der Waals surface area contributed by atoms with Crippen molar-refractivity contribution in [2.75, 3.05) is 19.4 Å². The first-order chi connectivity index (χ1) is 9.08. The fraction of sp³-hybridized carbons (Fsp3) is 0.429. The van der Waals surface area contributed by atoms with E-state index in [1.807, 2.05) is 13.0 Å². The molecule has 1 amide bonds. The van der Waals surface area contributed by atoms with E-state index in [-0.39, 0.29) is 11.7 Å². The Morgan fingerprint density at radius 1 is 1.37 bits per heavy atom. The number of nitrogens with one attached hydrogen (secondary N) is 1. The van der Waals surface area contributed by atoms with Crippen LogP contribution in [0.3, 0.4) is 0 Å². The maximum Gasteiger partial charge on any atom is 0.229 e. The molecule has 4 nitrogen and oxygen atoms in total. The van der Waals surface area contributed by atoms with Crippen LogP contribution in [-0.4, -0.2) is 31.1 Å². The number of hydrogen-bond acceptors (Lipinski definition) is 4. The van der Waals surface area contributed by atoms with Gasteiger partial charge in [0.05, 0.1) is 12.9 Å². The van der Waals surface area contributed by atoms with Crippen LogP contribution in [-0.2, 0) is 10.5 Å². The fourth-order valence-electron chi connectivity index (χ4n) is 1.61. The standard InChI is InChI=1S/C14H19NO3S/c1-4-15-14(17)9-19-8-12-7-11(10(2)16)5-6-13(12)18-3/h5-7H,4,8-9H2,1-3H3,(H,15,17). The van der Waals surface area contributed by atoms with Gasteiger partial charge in [0.15, 0.2) is 5.78 Å². The summed E-state index contributed by atoms with van der Waals surface area (Å²) < 4.78 is 5.26. The van der Waals surface area contributed by atoms with Gasteiger partial charge < -0.3 is 10.1 Å². The SMILES string of the molecule is CCNC(=O)CSCc1cc(C(C)=O)ccc1OC. The van der Waals surface area contributed by atoms with E-state index in [9.17, 15) is 9.59 Å². The Labute approximate surface area is 117 Å². The first-order valence-electron chi connectivity index (χ1n) is 6.10. The minimum Gasteiger partial charge on any atom is -0.496 e. The molecule has 0 aliphatic carbocycles. The third kappa shape index (κ3) is 4.95. The molecular weight excluding hydrogens is 262 g/mol. The molecule has 0 heterocycles. The molecule has 0 aromatic heterocycles. The number of Topliss-reactive ketones (excluding diaryl/α,β-unsaturated/α-hetero) is 1. The van der Waals surface area contributed by atoms with Gasteiger partial charge in [0.2, 0.25) is 5.91 Å². The zero-order valence-corrected chi connectivity index (χ0v) is 12.3. The second kappa shape index (κ2) is 7.84. The maximum absolute atomic E-state index is 11.4. The monoisotopic (exact) mass is 281 g/mol. The van der Waals surface area contributed by atoms with Crippen molar-refractivity contribution in [1.29, 1.82) is 0 Å². The fourth-order valence-corrected chi connectivity index (χ4v) is 2.45. The van der Waals surface area contributed by atoms with Gasteiger partial charge in [-0.25, -0.2) is 0 Å². The van der Waals surface area contributed by atoms with Crippen LogP contribution in [0.4, 0.5) is 0 Å². The summed E-state index contributed by atoms with van der Waals surface area (Å²) in [5.41, 5.74) is 1.60. The smallest absolute Gasteiger partial charge is 0.229 e. The summed E-state index contributed by atoms with van der Waals surface area (Å²) in [7, 11) is 1.60. The lowest BCUT2D eigenvalue weighted by Crippen LogP contribution is -2.24. The molecule has 104 valence electrons. The van der Waals surface area contributed by atoms with E-state index in [2.05, 4.69) is 5.32 Å². The molecule has 0 spiro atoms. The molecule has 0 bridgehead atoms. The van der Waals surface area contributed by atoms with Crippen molar-refractivity contribution in [3.63, 3.8) is 0 Å². The number of thioether (sulfide) groups is 1. The third-order valence-corrected chi connectivity index (χ3v) is 3.53. The van der Waals surface area contributed by atoms with Crippen LogP contribution >= 0.6 is 11.8 Å². The molecule has 0 radical (unpaired) electrons. The Bertz CT molecular complexity index is 460. The van der Waals surface area contributed by atoms with Crippen molar-refractivity contribution >= 4 is 23.5 Å². The highest BCUT2D eigenvalue weighted by Gasteiger charge is 2.08. The molecular formula is C14H19NO3S. The van der Waals surface area contributed by atoms with Crippen LogP contribution in [0.2, 0.25) is 0 Å². The van der Waals surface area contributed by atoms with Gasteiger partial charge in [-0.05, 0) is 32.0 Å². The summed E-state index contributed by atoms with van der Waals surface area (Å²) in [5.74, 6) is 1.84. The number of carbonyl (C=O) groups is 2. The molecule has 1 aromatic rings. The predicted molar refractivity (Wildman–Crippen MR) is 77.8 cm³/mol. The summed E-state index contributed by atoms with van der Waals surface area (Å²) in [6, 6.07) is 5.36. The number of ketones is 1. The zero-order chi connectivity index (χ0) is 14.3. The van der Waals surface area contributed by atoms with E-state index in [1.165, 1.54) is 18.7 Å². The highest BCUT2D eigenvalue weighted by Crippen LogP contribution is 2.24. The summed E-state index contributed by atoms with van der Waals surface area (Å²) in [4.78, 5) is 22.7. The molecule has 0 fully saturated rings. The summed E-state index contributed by atoms with van der Waals surface area (Å²) >= 11 is 1.50. The van der Waals surface area contributed by atoms with Gasteiger partial charge in [-0.15, -0.1) is 11.8 Å². The van der Waals surface area contributed by atoms with Crippen LogP contribution in [0.1, 0.15) is 29.8 Å². The molecule has 1 N–H and O–H groups in total. The van der Waals surface area contributed by atoms with Crippen molar-refractivity contribution in [3.8, 4) is 5.75 Å². The molecule has 19 heavy (non-hydrogen) atoms. The van der Waals surface area contributed by atoms with Crippen molar-refractivity contribution in [2.45, 2.75) is 19.6 Å². The number of rotatable bonds is 7. The van der Waals surface area contributed by atoms with Crippen LogP contribution in [0.5, 0.6) is 5.75 Å². The van der Waals surface area contributed by atoms with Crippen LogP contribution < -0.4 is 10.1 Å². The minimum atomic E-state index is 0.0224. The molecule has 0 saturated heterocycles. The minimum absolute atomic E-state index is 0.0224. The van der Waals surface area contributed by atoms with Crippen molar-refractivity contribution in [3.05, 3.63) is 29.3 Å². The summed E-state index contributed by atoms with van der Waals surface area (Å²) in [6.07, 6.45) is 0. The third-order valence-electron chi connectivity index (χ3n) is 2.55. The predicted octanol–water partition coefficient (Wildman–Crippen LogP) is 2.27. The van der Waals surface area contributed by atoms with E-state index in [4.69, 9.17) is 4.74 Å². The van der Waals surface area contributed by atoms with E-state index >= 15 is 0 Å². The highest BCUT2D eigenvalue weighted by atomic mass is 32.2. The lowest BCUT2D eigenvalue weighted by molar-refractivity contribution is -0.118. The topological polar surface area (TPSA) is 55.4 Å². The van der Waals surface area contributed by atoms with Crippen molar-refractivity contribution < 1.29 is 14.3 Å². The molecule has 1 aromatic carbocycles. The number of hydrogen-bond donors (Lipinski definition) is 1. The zero-order valence-electron chi connectivity index (χ0n) is 11.5. The number of methoxy groups -OCH3 is 1. The Kier molecular flexibility index (Phi) is 6.42. The second-order valence-electron chi connectivity index (χ2n) is 4.03. The quantitative estimate of drug-likeness (QED) is 0.779. The number of ether oxygens (including phenoxy) is 1. The first-order valence-corrected chi connectivity index (χ1v) is 7.26. The van der Waals surface area contributed by atoms with Gasteiger partial charge in [0.1, 0.15) is 5.75 Å². The molecule has 0 atom stereocenters. The molecule has 0 unspecified atom stereocenters. The Morgan fingerprint density at radius 3 is 2.68 bits per heavy atom.